The van der Waals surface area contributed by atoms with Crippen LogP contribution in [-0.2, 0) is 4.79 Å². The lowest BCUT2D eigenvalue weighted by Crippen LogP contribution is -2.28. The zero-order chi connectivity index (χ0) is 16.9. The quantitative estimate of drug-likeness (QED) is 0.764. The first kappa shape index (κ1) is 16.0. The highest BCUT2D eigenvalue weighted by Gasteiger charge is 2.24. The van der Waals surface area contributed by atoms with Crippen molar-refractivity contribution in [3.63, 3.8) is 0 Å². The molecule has 124 valence electrons. The number of halogens is 1. The Morgan fingerprint density at radius 2 is 1.75 bits per heavy atom. The molecule has 2 aromatic carbocycles. The van der Waals surface area contributed by atoms with Gasteiger partial charge in [0.2, 0.25) is 5.91 Å². The van der Waals surface area contributed by atoms with Crippen LogP contribution < -0.4 is 16.0 Å². The number of hydrogen-bond donors (Lipinski definition) is 3. The van der Waals surface area contributed by atoms with Crippen LogP contribution in [0.3, 0.4) is 0 Å². The summed E-state index contributed by atoms with van der Waals surface area (Å²) in [5, 5.41) is 8.54. The second-order valence-corrected chi connectivity index (χ2v) is 5.70. The van der Waals surface area contributed by atoms with Gasteiger partial charge in [-0.15, -0.1) is 0 Å². The van der Waals surface area contributed by atoms with E-state index in [9.17, 15) is 14.0 Å². The van der Waals surface area contributed by atoms with E-state index in [1.54, 1.807) is 36.4 Å². The fourth-order valence-corrected chi connectivity index (χ4v) is 2.23. The molecule has 0 radical (unpaired) electrons. The van der Waals surface area contributed by atoms with Crippen LogP contribution in [-0.4, -0.2) is 24.4 Å². The predicted molar refractivity (Wildman–Crippen MR) is 90.4 cm³/mol. The summed E-state index contributed by atoms with van der Waals surface area (Å²) in [6.07, 6.45) is 2.00. The molecule has 1 saturated carbocycles. The highest BCUT2D eigenvalue weighted by atomic mass is 19.1. The SMILES string of the molecule is O=C(CNc1ccc(F)cc1)Nc1ccccc1C(=O)NC1CC1. The molecule has 3 N–H and O–H groups in total. The van der Waals surface area contributed by atoms with Gasteiger partial charge in [-0.3, -0.25) is 9.59 Å². The Kier molecular flexibility index (Phi) is 4.74. The van der Waals surface area contributed by atoms with Crippen molar-refractivity contribution in [1.82, 2.24) is 5.32 Å². The van der Waals surface area contributed by atoms with Gasteiger partial charge in [0.15, 0.2) is 0 Å². The van der Waals surface area contributed by atoms with Crippen molar-refractivity contribution >= 4 is 23.2 Å². The summed E-state index contributed by atoms with van der Waals surface area (Å²) in [5.41, 5.74) is 1.56. The predicted octanol–water partition coefficient (Wildman–Crippen LogP) is 2.77. The monoisotopic (exact) mass is 327 g/mol. The van der Waals surface area contributed by atoms with E-state index >= 15 is 0 Å². The molecule has 1 aliphatic rings. The van der Waals surface area contributed by atoms with Crippen LogP contribution in [0.4, 0.5) is 15.8 Å². The van der Waals surface area contributed by atoms with Gasteiger partial charge >= 0.3 is 0 Å². The average molecular weight is 327 g/mol. The standard InChI is InChI=1S/C18H18FN3O2/c19-12-5-7-13(8-6-12)20-11-17(23)22-16-4-2-1-3-15(16)18(24)21-14-9-10-14/h1-8,14,20H,9-11H2,(H,21,24)(H,22,23). The maximum absolute atomic E-state index is 12.8. The Morgan fingerprint density at radius 1 is 1.04 bits per heavy atom. The van der Waals surface area contributed by atoms with Gasteiger partial charge in [-0.2, -0.15) is 0 Å². The maximum atomic E-state index is 12.8. The van der Waals surface area contributed by atoms with Crippen molar-refractivity contribution in [1.29, 1.82) is 0 Å². The highest BCUT2D eigenvalue weighted by Crippen LogP contribution is 2.21. The molecule has 2 aromatic rings. The molecule has 0 aliphatic heterocycles. The van der Waals surface area contributed by atoms with Crippen molar-refractivity contribution in [3.05, 3.63) is 59.9 Å². The molecular formula is C18H18FN3O2. The van der Waals surface area contributed by atoms with Crippen molar-refractivity contribution in [3.8, 4) is 0 Å². The number of hydrogen-bond acceptors (Lipinski definition) is 3. The smallest absolute Gasteiger partial charge is 0.253 e. The molecule has 0 saturated heterocycles. The van der Waals surface area contributed by atoms with Gasteiger partial charge in [0.25, 0.3) is 5.91 Å². The van der Waals surface area contributed by atoms with Crippen LogP contribution >= 0.6 is 0 Å². The molecule has 0 aromatic heterocycles. The lowest BCUT2D eigenvalue weighted by atomic mass is 10.1. The van der Waals surface area contributed by atoms with E-state index in [-0.39, 0.29) is 30.2 Å². The lowest BCUT2D eigenvalue weighted by molar-refractivity contribution is -0.114. The third-order valence-corrected chi connectivity index (χ3v) is 3.66. The van der Waals surface area contributed by atoms with Crippen LogP contribution in [0.15, 0.2) is 48.5 Å². The topological polar surface area (TPSA) is 70.2 Å². The van der Waals surface area contributed by atoms with E-state index in [4.69, 9.17) is 0 Å². The molecule has 0 unspecified atom stereocenters. The first-order valence-electron chi connectivity index (χ1n) is 7.81. The van der Waals surface area contributed by atoms with Crippen molar-refractivity contribution in [2.45, 2.75) is 18.9 Å². The zero-order valence-electron chi connectivity index (χ0n) is 13.0. The molecule has 6 heteroatoms. The Bertz CT molecular complexity index is 742. The molecular weight excluding hydrogens is 309 g/mol. The summed E-state index contributed by atoms with van der Waals surface area (Å²) in [4.78, 5) is 24.3. The fourth-order valence-electron chi connectivity index (χ4n) is 2.23. The molecule has 1 aliphatic carbocycles. The number of carbonyl (C=O) groups excluding carboxylic acids is 2. The third-order valence-electron chi connectivity index (χ3n) is 3.66. The average Bonchev–Trinajstić information content (AvgIpc) is 3.39. The molecule has 24 heavy (non-hydrogen) atoms. The van der Waals surface area contributed by atoms with Crippen molar-refractivity contribution < 1.29 is 14.0 Å². The Morgan fingerprint density at radius 3 is 2.46 bits per heavy atom. The Hall–Kier alpha value is -2.89. The molecule has 1 fully saturated rings. The number of carbonyl (C=O) groups is 2. The Balaban J connectivity index is 1.59. The van der Waals surface area contributed by atoms with E-state index in [1.807, 2.05) is 0 Å². The van der Waals surface area contributed by atoms with Gasteiger partial charge in [-0.1, -0.05) is 12.1 Å². The molecule has 0 bridgehead atoms. The number of para-hydroxylation sites is 1. The van der Waals surface area contributed by atoms with Crippen molar-refractivity contribution in [2.24, 2.45) is 0 Å². The first-order valence-corrected chi connectivity index (χ1v) is 7.81. The first-order chi connectivity index (χ1) is 11.6. The highest BCUT2D eigenvalue weighted by molar-refractivity contribution is 6.04. The van der Waals surface area contributed by atoms with Gasteiger partial charge in [0.1, 0.15) is 5.82 Å². The maximum Gasteiger partial charge on any atom is 0.253 e. The minimum absolute atomic E-state index is 0.0181. The number of anilines is 2. The minimum atomic E-state index is -0.333. The van der Waals surface area contributed by atoms with E-state index in [0.29, 0.717) is 16.9 Å². The zero-order valence-corrected chi connectivity index (χ0v) is 13.0. The molecule has 5 nitrogen and oxygen atoms in total. The summed E-state index contributed by atoms with van der Waals surface area (Å²) in [6.45, 7) is 0.0181. The summed E-state index contributed by atoms with van der Waals surface area (Å²) >= 11 is 0. The Labute approximate surface area is 139 Å². The summed E-state index contributed by atoms with van der Waals surface area (Å²) in [6, 6.07) is 12.9. The van der Waals surface area contributed by atoms with Crippen LogP contribution in [0.2, 0.25) is 0 Å². The minimum Gasteiger partial charge on any atom is -0.376 e. The molecule has 2 amide bonds. The van der Waals surface area contributed by atoms with Crippen LogP contribution in [0.25, 0.3) is 0 Å². The molecule has 0 heterocycles. The third kappa shape index (κ3) is 4.32. The molecule has 3 rings (SSSR count). The van der Waals surface area contributed by atoms with Crippen molar-refractivity contribution in [2.75, 3.05) is 17.2 Å². The van der Waals surface area contributed by atoms with Gasteiger partial charge in [0.05, 0.1) is 17.8 Å². The fraction of sp³-hybridized carbons (Fsp3) is 0.222. The second kappa shape index (κ2) is 7.12. The van der Waals surface area contributed by atoms with Gasteiger partial charge in [-0.05, 0) is 49.2 Å². The number of nitrogens with one attached hydrogen (secondary N) is 3. The van der Waals surface area contributed by atoms with E-state index in [1.165, 1.54) is 12.1 Å². The van der Waals surface area contributed by atoms with E-state index < -0.39 is 0 Å². The summed E-state index contributed by atoms with van der Waals surface area (Å²) in [7, 11) is 0. The summed E-state index contributed by atoms with van der Waals surface area (Å²) in [5.74, 6) is -0.800. The van der Waals surface area contributed by atoms with Gasteiger partial charge < -0.3 is 16.0 Å². The van der Waals surface area contributed by atoms with Crippen LogP contribution in [0.1, 0.15) is 23.2 Å². The number of benzene rings is 2. The molecule has 0 atom stereocenters. The lowest BCUT2D eigenvalue weighted by Gasteiger charge is -2.12. The molecule has 0 spiro atoms. The van der Waals surface area contributed by atoms with Gasteiger partial charge in [0, 0.05) is 11.7 Å². The normalized spacial score (nSPS) is 13.2. The summed E-state index contributed by atoms with van der Waals surface area (Å²) < 4.78 is 12.8. The number of rotatable bonds is 6. The van der Waals surface area contributed by atoms with E-state index in [2.05, 4.69) is 16.0 Å². The van der Waals surface area contributed by atoms with Crippen LogP contribution in [0.5, 0.6) is 0 Å². The number of amides is 2. The largest absolute Gasteiger partial charge is 0.376 e. The van der Waals surface area contributed by atoms with Gasteiger partial charge in [-0.25, -0.2) is 4.39 Å². The van der Waals surface area contributed by atoms with Crippen LogP contribution in [0, 0.1) is 5.82 Å². The second-order valence-electron chi connectivity index (χ2n) is 5.70. The van der Waals surface area contributed by atoms with E-state index in [0.717, 1.165) is 12.8 Å².